The molecule has 3 heteroatoms. The fourth-order valence-corrected chi connectivity index (χ4v) is 2.90. The van der Waals surface area contributed by atoms with Gasteiger partial charge < -0.3 is 5.32 Å². The van der Waals surface area contributed by atoms with Gasteiger partial charge in [0.05, 0.1) is 0 Å². The van der Waals surface area contributed by atoms with Crippen molar-refractivity contribution in [3.63, 3.8) is 0 Å². The van der Waals surface area contributed by atoms with E-state index in [1.807, 2.05) is 0 Å². The molecule has 4 unspecified atom stereocenters. The van der Waals surface area contributed by atoms with Crippen LogP contribution >= 0.6 is 0 Å². The van der Waals surface area contributed by atoms with Crippen LogP contribution in [0.3, 0.4) is 0 Å². The predicted octanol–water partition coefficient (Wildman–Crippen LogP) is 2.56. The van der Waals surface area contributed by atoms with Crippen molar-refractivity contribution in [2.75, 3.05) is 19.3 Å². The minimum absolute atomic E-state index is 0.330. The molecule has 0 saturated heterocycles. The Bertz CT molecular complexity index is 220. The van der Waals surface area contributed by atoms with Crippen LogP contribution in [0.25, 0.3) is 0 Å². The molecule has 96 valence electrons. The van der Waals surface area contributed by atoms with E-state index in [1.165, 1.54) is 25.7 Å². The van der Waals surface area contributed by atoms with Crippen LogP contribution in [0.5, 0.6) is 0 Å². The van der Waals surface area contributed by atoms with Crippen molar-refractivity contribution >= 4 is 10.8 Å². The van der Waals surface area contributed by atoms with E-state index in [9.17, 15) is 4.21 Å². The zero-order chi connectivity index (χ0) is 12.0. The Kier molecular flexibility index (Phi) is 6.59. The number of rotatable bonds is 6. The first-order valence-corrected chi connectivity index (χ1v) is 8.26. The lowest BCUT2D eigenvalue weighted by Crippen LogP contribution is -2.31. The molecule has 1 fully saturated rings. The smallest absolute Gasteiger partial charge is 0.0329 e. The molecule has 0 amide bonds. The summed E-state index contributed by atoms with van der Waals surface area (Å²) < 4.78 is 11.2. The van der Waals surface area contributed by atoms with Crippen molar-refractivity contribution in [3.8, 4) is 0 Å². The van der Waals surface area contributed by atoms with Crippen molar-refractivity contribution in [2.24, 2.45) is 11.8 Å². The van der Waals surface area contributed by atoms with Crippen molar-refractivity contribution in [1.82, 2.24) is 5.32 Å². The standard InChI is InChI=1S/C13H27NOS/c1-11-6-4-5-7-13(11)10-14-9-8-12(2)16(3)15/h11-14H,4-10H2,1-3H3. The quantitative estimate of drug-likeness (QED) is 0.729. The second kappa shape index (κ2) is 7.44. The summed E-state index contributed by atoms with van der Waals surface area (Å²) in [6.07, 6.45) is 8.46. The average molecular weight is 245 g/mol. The van der Waals surface area contributed by atoms with E-state index in [4.69, 9.17) is 0 Å². The number of hydrogen-bond donors (Lipinski definition) is 1. The first kappa shape index (κ1) is 14.2. The van der Waals surface area contributed by atoms with Crippen LogP contribution in [0.2, 0.25) is 0 Å². The van der Waals surface area contributed by atoms with Gasteiger partial charge in [-0.1, -0.05) is 33.1 Å². The van der Waals surface area contributed by atoms with Gasteiger partial charge in [-0.25, -0.2) is 0 Å². The van der Waals surface area contributed by atoms with Crippen LogP contribution in [-0.4, -0.2) is 28.8 Å². The lowest BCUT2D eigenvalue weighted by atomic mass is 9.80. The molecule has 0 spiro atoms. The fraction of sp³-hybridized carbons (Fsp3) is 1.00. The Morgan fingerprint density at radius 2 is 2.06 bits per heavy atom. The minimum Gasteiger partial charge on any atom is -0.316 e. The Balaban J connectivity index is 2.08. The average Bonchev–Trinajstić information content (AvgIpc) is 2.26. The normalized spacial score (nSPS) is 29.9. The second-order valence-electron chi connectivity index (χ2n) is 5.32. The Morgan fingerprint density at radius 1 is 1.38 bits per heavy atom. The minimum atomic E-state index is -0.665. The van der Waals surface area contributed by atoms with E-state index >= 15 is 0 Å². The first-order valence-electron chi connectivity index (χ1n) is 6.64. The Labute approximate surface area is 103 Å². The maximum absolute atomic E-state index is 11.2. The summed E-state index contributed by atoms with van der Waals surface area (Å²) in [6.45, 7) is 6.63. The molecule has 0 aromatic rings. The van der Waals surface area contributed by atoms with Crippen LogP contribution in [-0.2, 0) is 10.8 Å². The molecule has 1 saturated carbocycles. The van der Waals surface area contributed by atoms with Crippen molar-refractivity contribution in [2.45, 2.75) is 51.2 Å². The van der Waals surface area contributed by atoms with E-state index in [2.05, 4.69) is 19.2 Å². The third kappa shape index (κ3) is 4.96. The zero-order valence-corrected chi connectivity index (χ0v) is 11.8. The molecular formula is C13H27NOS. The summed E-state index contributed by atoms with van der Waals surface area (Å²) in [5.41, 5.74) is 0. The summed E-state index contributed by atoms with van der Waals surface area (Å²) in [4.78, 5) is 0. The summed E-state index contributed by atoms with van der Waals surface area (Å²) >= 11 is 0. The van der Waals surface area contributed by atoms with Crippen LogP contribution < -0.4 is 5.32 Å². The molecule has 4 atom stereocenters. The molecule has 1 rings (SSSR count). The molecule has 0 bridgehead atoms. The predicted molar refractivity (Wildman–Crippen MR) is 72.1 cm³/mol. The molecule has 1 N–H and O–H groups in total. The molecule has 16 heavy (non-hydrogen) atoms. The van der Waals surface area contributed by atoms with E-state index in [-0.39, 0.29) is 0 Å². The van der Waals surface area contributed by atoms with Crippen molar-refractivity contribution in [1.29, 1.82) is 0 Å². The van der Waals surface area contributed by atoms with Gasteiger partial charge in [0, 0.05) is 22.3 Å². The second-order valence-corrected chi connectivity index (χ2v) is 7.13. The molecule has 0 aromatic carbocycles. The summed E-state index contributed by atoms with van der Waals surface area (Å²) in [7, 11) is -0.665. The van der Waals surface area contributed by atoms with Gasteiger partial charge in [-0.2, -0.15) is 0 Å². The largest absolute Gasteiger partial charge is 0.316 e. The fourth-order valence-electron chi connectivity index (χ4n) is 2.46. The third-order valence-corrected chi connectivity index (χ3v) is 5.36. The highest BCUT2D eigenvalue weighted by atomic mass is 32.2. The first-order chi connectivity index (χ1) is 7.61. The van der Waals surface area contributed by atoms with E-state index in [0.29, 0.717) is 5.25 Å². The van der Waals surface area contributed by atoms with Crippen LogP contribution in [0, 0.1) is 11.8 Å². The SMILES string of the molecule is CC1CCCCC1CNCCC(C)S(C)=O. The van der Waals surface area contributed by atoms with Crippen molar-refractivity contribution in [3.05, 3.63) is 0 Å². The highest BCUT2D eigenvalue weighted by Gasteiger charge is 2.20. The Morgan fingerprint density at radius 3 is 2.69 bits per heavy atom. The molecule has 0 aliphatic heterocycles. The van der Waals surface area contributed by atoms with Crippen LogP contribution in [0.15, 0.2) is 0 Å². The van der Waals surface area contributed by atoms with E-state index < -0.39 is 10.8 Å². The van der Waals surface area contributed by atoms with Gasteiger partial charge in [-0.05, 0) is 37.8 Å². The number of nitrogens with one attached hydrogen (secondary N) is 1. The van der Waals surface area contributed by atoms with E-state index in [0.717, 1.165) is 31.3 Å². The zero-order valence-electron chi connectivity index (χ0n) is 11.0. The maximum atomic E-state index is 11.2. The molecule has 1 aliphatic carbocycles. The summed E-state index contributed by atoms with van der Waals surface area (Å²) in [6, 6.07) is 0. The monoisotopic (exact) mass is 245 g/mol. The van der Waals surface area contributed by atoms with Crippen molar-refractivity contribution < 1.29 is 4.21 Å². The Hall–Kier alpha value is 0.110. The summed E-state index contributed by atoms with van der Waals surface area (Å²) in [5.74, 6) is 1.76. The van der Waals surface area contributed by atoms with Gasteiger partial charge in [0.15, 0.2) is 0 Å². The molecule has 0 aromatic heterocycles. The van der Waals surface area contributed by atoms with Gasteiger partial charge in [0.2, 0.25) is 0 Å². The van der Waals surface area contributed by atoms with Gasteiger partial charge >= 0.3 is 0 Å². The molecular weight excluding hydrogens is 218 g/mol. The van der Waals surface area contributed by atoms with Crippen LogP contribution in [0.4, 0.5) is 0 Å². The molecule has 0 radical (unpaired) electrons. The molecule has 2 nitrogen and oxygen atoms in total. The molecule has 1 aliphatic rings. The van der Waals surface area contributed by atoms with Gasteiger partial charge in [0.25, 0.3) is 0 Å². The summed E-state index contributed by atoms with van der Waals surface area (Å²) in [5, 5.41) is 3.87. The van der Waals surface area contributed by atoms with E-state index in [1.54, 1.807) is 6.26 Å². The van der Waals surface area contributed by atoms with Gasteiger partial charge in [-0.15, -0.1) is 0 Å². The topological polar surface area (TPSA) is 29.1 Å². The highest BCUT2D eigenvalue weighted by molar-refractivity contribution is 7.84. The van der Waals surface area contributed by atoms with Gasteiger partial charge in [-0.3, -0.25) is 4.21 Å². The lowest BCUT2D eigenvalue weighted by molar-refractivity contribution is 0.248. The third-order valence-electron chi connectivity index (χ3n) is 3.99. The lowest BCUT2D eigenvalue weighted by Gasteiger charge is -2.29. The van der Waals surface area contributed by atoms with Crippen LogP contribution in [0.1, 0.15) is 46.0 Å². The highest BCUT2D eigenvalue weighted by Crippen LogP contribution is 2.28. The maximum Gasteiger partial charge on any atom is 0.0329 e. The van der Waals surface area contributed by atoms with Gasteiger partial charge in [0.1, 0.15) is 0 Å². The molecule has 0 heterocycles. The number of hydrogen-bond acceptors (Lipinski definition) is 2.